The van der Waals surface area contributed by atoms with Crippen molar-refractivity contribution in [1.82, 2.24) is 4.98 Å². The van der Waals surface area contributed by atoms with Gasteiger partial charge in [-0.2, -0.15) is 0 Å². The molecule has 2 aromatic rings. The number of nitrogens with one attached hydrogen (secondary N) is 1. The van der Waals surface area contributed by atoms with Gasteiger partial charge in [0.15, 0.2) is 34.9 Å². The fraction of sp³-hybridized carbons (Fsp3) is 0. The van der Waals surface area contributed by atoms with Gasteiger partial charge in [-0.15, -0.1) is 0 Å². The van der Waals surface area contributed by atoms with Crippen LogP contribution < -0.4 is 11.1 Å². The van der Waals surface area contributed by atoms with Crippen molar-refractivity contribution in [3.8, 4) is 0 Å². The van der Waals surface area contributed by atoms with Crippen LogP contribution in [0.5, 0.6) is 0 Å². The Morgan fingerprint density at radius 2 is 1.53 bits per heavy atom. The minimum atomic E-state index is -1.12. The molecule has 0 unspecified atom stereocenters. The number of pyridine rings is 1. The second-order valence-corrected chi connectivity index (χ2v) is 4.47. The molecule has 100 valence electrons. The van der Waals surface area contributed by atoms with Crippen LogP contribution in [0.1, 0.15) is 0 Å². The normalized spacial score (nSPS) is 10.6. The quantitative estimate of drug-likeness (QED) is 0.822. The zero-order valence-electron chi connectivity index (χ0n) is 9.15. The van der Waals surface area contributed by atoms with Crippen molar-refractivity contribution in [2.75, 3.05) is 11.1 Å². The molecular formula is C11H6BrF4N3. The third-order valence-corrected chi connectivity index (χ3v) is 2.66. The molecule has 0 saturated carbocycles. The highest BCUT2D eigenvalue weighted by Gasteiger charge is 2.15. The number of halogens is 5. The summed E-state index contributed by atoms with van der Waals surface area (Å²) in [4.78, 5) is 3.34. The zero-order valence-corrected chi connectivity index (χ0v) is 10.7. The van der Waals surface area contributed by atoms with E-state index in [4.69, 9.17) is 5.73 Å². The fourth-order valence-corrected chi connectivity index (χ4v) is 1.75. The Bertz CT molecular complexity index is 625. The second kappa shape index (κ2) is 5.04. The van der Waals surface area contributed by atoms with E-state index in [2.05, 4.69) is 26.2 Å². The number of benzene rings is 1. The van der Waals surface area contributed by atoms with Crippen LogP contribution >= 0.6 is 15.9 Å². The van der Waals surface area contributed by atoms with Gasteiger partial charge in [0.2, 0.25) is 0 Å². The molecule has 0 bridgehead atoms. The van der Waals surface area contributed by atoms with E-state index < -0.39 is 40.6 Å². The molecule has 3 N–H and O–H groups in total. The number of nitrogen functional groups attached to an aromatic ring is 1. The van der Waals surface area contributed by atoms with Crippen LogP contribution in [0.15, 0.2) is 22.7 Å². The molecular weight excluding hydrogens is 330 g/mol. The van der Waals surface area contributed by atoms with E-state index >= 15 is 0 Å². The Morgan fingerprint density at radius 3 is 2.11 bits per heavy atom. The highest BCUT2D eigenvalue weighted by molar-refractivity contribution is 9.10. The van der Waals surface area contributed by atoms with Crippen LogP contribution in [0, 0.1) is 23.3 Å². The Labute approximate surface area is 113 Å². The number of rotatable bonds is 2. The number of aromatic nitrogens is 1. The first kappa shape index (κ1) is 13.6. The minimum Gasteiger partial charge on any atom is -0.381 e. The van der Waals surface area contributed by atoms with Crippen molar-refractivity contribution in [3.63, 3.8) is 0 Å². The van der Waals surface area contributed by atoms with Gasteiger partial charge < -0.3 is 11.1 Å². The monoisotopic (exact) mass is 335 g/mol. The van der Waals surface area contributed by atoms with Crippen LogP contribution in [0.3, 0.4) is 0 Å². The molecule has 0 aliphatic carbocycles. The molecule has 0 radical (unpaired) electrons. The highest BCUT2D eigenvalue weighted by Crippen LogP contribution is 2.28. The van der Waals surface area contributed by atoms with Crippen LogP contribution in [0.25, 0.3) is 0 Å². The molecule has 1 heterocycles. The maximum absolute atomic E-state index is 13.5. The van der Waals surface area contributed by atoms with Gasteiger partial charge in [0.05, 0.1) is 0 Å². The van der Waals surface area contributed by atoms with E-state index in [1.807, 2.05) is 0 Å². The smallest absolute Gasteiger partial charge is 0.169 e. The van der Waals surface area contributed by atoms with Gasteiger partial charge >= 0.3 is 0 Å². The van der Waals surface area contributed by atoms with E-state index in [1.54, 1.807) is 0 Å². The third-order valence-electron chi connectivity index (χ3n) is 2.21. The first-order valence-electron chi connectivity index (χ1n) is 4.91. The SMILES string of the molecule is Nc1nc(Nc2c(F)cc(Br)cc2F)c(F)cc1F. The average molecular weight is 336 g/mol. The van der Waals surface area contributed by atoms with E-state index in [9.17, 15) is 17.6 Å². The van der Waals surface area contributed by atoms with Gasteiger partial charge in [-0.1, -0.05) is 15.9 Å². The summed E-state index contributed by atoms with van der Waals surface area (Å²) in [5, 5.41) is 2.10. The number of hydrogen-bond acceptors (Lipinski definition) is 3. The molecule has 0 spiro atoms. The Balaban J connectivity index is 2.45. The van der Waals surface area contributed by atoms with Crippen LogP contribution in [0.2, 0.25) is 0 Å². The number of anilines is 3. The van der Waals surface area contributed by atoms with Gasteiger partial charge in [0.25, 0.3) is 0 Å². The van der Waals surface area contributed by atoms with Crippen molar-refractivity contribution < 1.29 is 17.6 Å². The molecule has 0 fully saturated rings. The molecule has 2 rings (SSSR count). The minimum absolute atomic E-state index is 0.181. The van der Waals surface area contributed by atoms with E-state index in [0.29, 0.717) is 6.07 Å². The molecule has 0 aliphatic rings. The maximum atomic E-state index is 13.5. The van der Waals surface area contributed by atoms with Crippen molar-refractivity contribution >= 4 is 33.3 Å². The van der Waals surface area contributed by atoms with E-state index in [1.165, 1.54) is 0 Å². The van der Waals surface area contributed by atoms with Crippen molar-refractivity contribution in [1.29, 1.82) is 0 Å². The Hall–Kier alpha value is -1.83. The van der Waals surface area contributed by atoms with Crippen LogP contribution in [0.4, 0.5) is 34.9 Å². The summed E-state index contributed by atoms with van der Waals surface area (Å²) in [7, 11) is 0. The second-order valence-electron chi connectivity index (χ2n) is 3.56. The van der Waals surface area contributed by atoms with E-state index in [-0.39, 0.29) is 4.47 Å². The summed E-state index contributed by atoms with van der Waals surface area (Å²) >= 11 is 2.90. The Morgan fingerprint density at radius 1 is 0.947 bits per heavy atom. The largest absolute Gasteiger partial charge is 0.381 e. The summed E-state index contributed by atoms with van der Waals surface area (Å²) in [5.74, 6) is -5.25. The molecule has 3 nitrogen and oxygen atoms in total. The summed E-state index contributed by atoms with van der Waals surface area (Å²) in [6, 6.07) is 2.44. The predicted molar refractivity (Wildman–Crippen MR) is 65.9 cm³/mol. The lowest BCUT2D eigenvalue weighted by Gasteiger charge is -2.10. The van der Waals surface area contributed by atoms with Gasteiger partial charge in [-0.25, -0.2) is 22.5 Å². The summed E-state index contributed by atoms with van der Waals surface area (Å²) in [6.07, 6.45) is 0. The highest BCUT2D eigenvalue weighted by atomic mass is 79.9. The van der Waals surface area contributed by atoms with Crippen LogP contribution in [-0.2, 0) is 0 Å². The first-order chi connectivity index (χ1) is 8.88. The fourth-order valence-electron chi connectivity index (χ4n) is 1.35. The number of hydrogen-bond donors (Lipinski definition) is 2. The lowest BCUT2D eigenvalue weighted by molar-refractivity contribution is 0.576. The molecule has 0 atom stereocenters. The van der Waals surface area contributed by atoms with Crippen molar-refractivity contribution in [3.05, 3.63) is 45.9 Å². The van der Waals surface area contributed by atoms with Gasteiger partial charge in [0.1, 0.15) is 5.69 Å². The van der Waals surface area contributed by atoms with Gasteiger partial charge in [-0.3, -0.25) is 0 Å². The molecule has 0 saturated heterocycles. The first-order valence-corrected chi connectivity index (χ1v) is 5.71. The van der Waals surface area contributed by atoms with Crippen LogP contribution in [-0.4, -0.2) is 4.98 Å². The maximum Gasteiger partial charge on any atom is 0.169 e. The van der Waals surface area contributed by atoms with Gasteiger partial charge in [0, 0.05) is 10.5 Å². The summed E-state index contributed by atoms with van der Waals surface area (Å²) in [5.41, 5.74) is 4.55. The average Bonchev–Trinajstić information content (AvgIpc) is 2.29. The summed E-state index contributed by atoms with van der Waals surface area (Å²) < 4.78 is 53.5. The van der Waals surface area contributed by atoms with E-state index in [0.717, 1.165) is 12.1 Å². The molecule has 19 heavy (non-hydrogen) atoms. The molecule has 0 amide bonds. The molecule has 1 aromatic carbocycles. The standard InChI is InChI=1S/C11H6BrF4N3/c12-4-1-5(13)9(6(14)2-4)18-11-8(16)3-7(15)10(17)19-11/h1-3H,(H3,17,18,19). The lowest BCUT2D eigenvalue weighted by atomic mass is 10.3. The summed E-state index contributed by atoms with van der Waals surface area (Å²) in [6.45, 7) is 0. The number of nitrogens with two attached hydrogens (primary N) is 1. The third kappa shape index (κ3) is 2.78. The topological polar surface area (TPSA) is 50.9 Å². The van der Waals surface area contributed by atoms with Crippen molar-refractivity contribution in [2.24, 2.45) is 0 Å². The van der Waals surface area contributed by atoms with Crippen molar-refractivity contribution in [2.45, 2.75) is 0 Å². The lowest BCUT2D eigenvalue weighted by Crippen LogP contribution is -2.05. The molecule has 0 aliphatic heterocycles. The van der Waals surface area contributed by atoms with Gasteiger partial charge in [-0.05, 0) is 12.1 Å². The number of nitrogens with zero attached hydrogens (tertiary/aromatic N) is 1. The Kier molecular flexibility index (Phi) is 3.61. The molecule has 8 heteroatoms. The predicted octanol–water partition coefficient (Wildman–Crippen LogP) is 3.73. The molecule has 1 aromatic heterocycles. The zero-order chi connectivity index (χ0) is 14.2.